The fourth-order valence-corrected chi connectivity index (χ4v) is 8.01. The van der Waals surface area contributed by atoms with E-state index in [0.717, 1.165) is 91.9 Å². The van der Waals surface area contributed by atoms with Crippen molar-refractivity contribution in [3.63, 3.8) is 0 Å². The number of aliphatic hydroxyl groups is 6. The van der Waals surface area contributed by atoms with E-state index in [1.807, 2.05) is 57.2 Å². The SMILES string of the molecule is Cc1cc(CNC(O)CCO)c(O)c(CN2CCCN(Cc3cc(C)cc(CNC(O)CCO)c3O)CCCN(Cc3cc(C)cc(CNC(O)CCO)c3O)CCC2)c1. The molecule has 3 aromatic rings. The molecule has 1 heterocycles. The fraction of sp³-hybridized carbons (Fsp3) is 0.600. The maximum Gasteiger partial charge on any atom is 0.124 e. The van der Waals surface area contributed by atoms with E-state index >= 15 is 0 Å². The molecule has 0 amide bonds. The number of phenolic OH excluding ortho intramolecular Hbond substituents is 3. The third kappa shape index (κ3) is 16.1. The van der Waals surface area contributed by atoms with Gasteiger partial charge in [0.1, 0.15) is 35.9 Å². The number of phenols is 3. The van der Waals surface area contributed by atoms with Crippen LogP contribution in [0.25, 0.3) is 0 Å². The minimum Gasteiger partial charge on any atom is -0.507 e. The summed E-state index contributed by atoms with van der Waals surface area (Å²) < 4.78 is 0. The summed E-state index contributed by atoms with van der Waals surface area (Å²) in [6.45, 7) is 12.4. The first-order chi connectivity index (χ1) is 28.8. The van der Waals surface area contributed by atoms with Gasteiger partial charge in [-0.1, -0.05) is 53.1 Å². The van der Waals surface area contributed by atoms with Crippen LogP contribution >= 0.6 is 0 Å². The van der Waals surface area contributed by atoms with Crippen LogP contribution in [-0.4, -0.2) is 138 Å². The lowest BCUT2D eigenvalue weighted by Crippen LogP contribution is -2.36. The van der Waals surface area contributed by atoms with E-state index in [1.54, 1.807) is 0 Å². The summed E-state index contributed by atoms with van der Waals surface area (Å²) in [5, 5.41) is 101. The molecule has 3 unspecified atom stereocenters. The molecule has 1 aliphatic rings. The Morgan fingerprint density at radius 3 is 0.900 bits per heavy atom. The summed E-state index contributed by atoms with van der Waals surface area (Å²) in [6.07, 6.45) is 0.479. The molecule has 3 aromatic carbocycles. The third-order valence-electron chi connectivity index (χ3n) is 11.1. The lowest BCUT2D eigenvalue weighted by atomic mass is 10.0. The zero-order valence-electron chi connectivity index (χ0n) is 35.9. The van der Waals surface area contributed by atoms with Crippen LogP contribution in [0.2, 0.25) is 0 Å². The average molecular weight is 841 g/mol. The minimum atomic E-state index is -0.885. The van der Waals surface area contributed by atoms with Gasteiger partial charge < -0.3 is 46.0 Å². The first-order valence-electron chi connectivity index (χ1n) is 21.5. The van der Waals surface area contributed by atoms with Crippen LogP contribution < -0.4 is 16.0 Å². The Morgan fingerprint density at radius 1 is 0.433 bits per heavy atom. The van der Waals surface area contributed by atoms with Crippen molar-refractivity contribution in [1.29, 1.82) is 0 Å². The summed E-state index contributed by atoms with van der Waals surface area (Å²) in [5.41, 5.74) is 7.42. The van der Waals surface area contributed by atoms with Crippen molar-refractivity contribution in [2.75, 3.05) is 59.1 Å². The molecule has 0 bridgehead atoms. The number of nitrogens with one attached hydrogen (secondary N) is 3. The van der Waals surface area contributed by atoms with Crippen LogP contribution in [0, 0.1) is 20.8 Å². The molecular weight excluding hydrogens is 769 g/mol. The van der Waals surface area contributed by atoms with Crippen molar-refractivity contribution in [3.8, 4) is 17.2 Å². The Bertz CT molecular complexity index is 1540. The molecule has 3 atom stereocenters. The van der Waals surface area contributed by atoms with Crippen LogP contribution in [0.15, 0.2) is 36.4 Å². The number of aliphatic hydroxyl groups excluding tert-OH is 6. The second kappa shape index (κ2) is 25.5. The van der Waals surface area contributed by atoms with Gasteiger partial charge in [0.15, 0.2) is 0 Å². The first-order valence-corrected chi connectivity index (χ1v) is 21.5. The molecule has 336 valence electrons. The number of benzene rings is 3. The van der Waals surface area contributed by atoms with E-state index in [-0.39, 0.29) is 76.0 Å². The van der Waals surface area contributed by atoms with Gasteiger partial charge in [-0.05, 0) is 79.3 Å². The van der Waals surface area contributed by atoms with Gasteiger partial charge in [-0.15, -0.1) is 0 Å². The Labute approximate surface area is 355 Å². The van der Waals surface area contributed by atoms with E-state index < -0.39 is 18.7 Å². The van der Waals surface area contributed by atoms with E-state index in [0.29, 0.717) is 36.3 Å². The zero-order valence-corrected chi connectivity index (χ0v) is 35.9. The highest BCUT2D eigenvalue weighted by atomic mass is 16.3. The van der Waals surface area contributed by atoms with Gasteiger partial charge >= 0.3 is 0 Å². The molecular formula is C45H72N6O9. The molecule has 0 radical (unpaired) electrons. The Kier molecular flexibility index (Phi) is 20.9. The predicted octanol–water partition coefficient (Wildman–Crippen LogP) is 2.09. The molecule has 1 aliphatic heterocycles. The number of aryl methyl sites for hydroxylation is 3. The van der Waals surface area contributed by atoms with Crippen LogP contribution in [0.4, 0.5) is 0 Å². The van der Waals surface area contributed by atoms with Gasteiger partial charge in [-0.2, -0.15) is 0 Å². The standard InChI is InChI=1S/C45H72N6O9/c1-31-19-34(25-46-40(55)7-16-52)43(58)37(22-31)28-49-10-4-12-50(29-38-23-32(2)20-35(44(38)59)26-47-41(56)8-17-53)14-6-15-51(13-5-11-49)30-39-24-33(3)21-36(45(39)60)27-48-42(57)9-18-54/h19-24,40-42,46-48,52-60H,4-18,25-30H2,1-3H3. The largest absolute Gasteiger partial charge is 0.507 e. The van der Waals surface area contributed by atoms with E-state index in [2.05, 4.69) is 30.7 Å². The number of nitrogens with zero attached hydrogens (tertiary/aromatic N) is 3. The highest BCUT2D eigenvalue weighted by Gasteiger charge is 2.20. The lowest BCUT2D eigenvalue weighted by Gasteiger charge is -2.31. The summed E-state index contributed by atoms with van der Waals surface area (Å²) >= 11 is 0. The van der Waals surface area contributed by atoms with Crippen molar-refractivity contribution >= 4 is 0 Å². The molecule has 1 fully saturated rings. The summed E-state index contributed by atoms with van der Waals surface area (Å²) in [4.78, 5) is 7.09. The first kappa shape index (κ1) is 49.2. The molecule has 0 saturated carbocycles. The van der Waals surface area contributed by atoms with Crippen molar-refractivity contribution in [3.05, 3.63) is 86.5 Å². The van der Waals surface area contributed by atoms with Crippen molar-refractivity contribution in [2.24, 2.45) is 0 Å². The van der Waals surface area contributed by atoms with Gasteiger partial charge in [0, 0.05) is 112 Å². The van der Waals surface area contributed by atoms with Gasteiger partial charge in [0.05, 0.1) is 0 Å². The number of hydrogen-bond donors (Lipinski definition) is 12. The van der Waals surface area contributed by atoms with E-state index in [9.17, 15) is 46.0 Å². The summed E-state index contributed by atoms with van der Waals surface area (Å²) in [6, 6.07) is 11.7. The van der Waals surface area contributed by atoms with Crippen molar-refractivity contribution in [2.45, 2.75) is 117 Å². The highest BCUT2D eigenvalue weighted by molar-refractivity contribution is 5.45. The molecule has 0 spiro atoms. The van der Waals surface area contributed by atoms with E-state index in [4.69, 9.17) is 0 Å². The van der Waals surface area contributed by atoms with E-state index in [1.165, 1.54) is 0 Å². The van der Waals surface area contributed by atoms with Gasteiger partial charge in [-0.25, -0.2) is 0 Å². The monoisotopic (exact) mass is 841 g/mol. The van der Waals surface area contributed by atoms with Gasteiger partial charge in [0.2, 0.25) is 0 Å². The molecule has 15 heteroatoms. The molecule has 60 heavy (non-hydrogen) atoms. The molecule has 4 rings (SSSR count). The lowest BCUT2D eigenvalue weighted by molar-refractivity contribution is 0.100. The molecule has 0 aromatic heterocycles. The summed E-state index contributed by atoms with van der Waals surface area (Å²) in [7, 11) is 0. The maximum atomic E-state index is 11.4. The summed E-state index contributed by atoms with van der Waals surface area (Å²) in [5.74, 6) is 0.561. The quantitative estimate of drug-likeness (QED) is 0.0690. The average Bonchev–Trinajstić information content (AvgIpc) is 3.19. The Balaban J connectivity index is 1.58. The normalized spacial score (nSPS) is 16.9. The molecule has 1 saturated heterocycles. The number of rotatable bonds is 21. The van der Waals surface area contributed by atoms with Crippen molar-refractivity contribution < 1.29 is 46.0 Å². The predicted molar refractivity (Wildman–Crippen MR) is 232 cm³/mol. The van der Waals surface area contributed by atoms with Crippen LogP contribution in [0.5, 0.6) is 17.2 Å². The zero-order chi connectivity index (χ0) is 43.6. The van der Waals surface area contributed by atoms with Crippen LogP contribution in [0.1, 0.15) is 88.6 Å². The second-order valence-electron chi connectivity index (χ2n) is 16.4. The number of aromatic hydroxyl groups is 3. The molecule has 12 N–H and O–H groups in total. The molecule has 15 nitrogen and oxygen atoms in total. The Hall–Kier alpha value is -3.42. The van der Waals surface area contributed by atoms with Crippen LogP contribution in [0.3, 0.4) is 0 Å². The minimum absolute atomic E-state index is 0.146. The van der Waals surface area contributed by atoms with Crippen molar-refractivity contribution in [1.82, 2.24) is 30.7 Å². The molecule has 0 aliphatic carbocycles. The van der Waals surface area contributed by atoms with Gasteiger partial charge in [0.25, 0.3) is 0 Å². The smallest absolute Gasteiger partial charge is 0.124 e. The second-order valence-corrected chi connectivity index (χ2v) is 16.4. The Morgan fingerprint density at radius 2 is 0.667 bits per heavy atom. The maximum absolute atomic E-state index is 11.4. The van der Waals surface area contributed by atoms with Crippen LogP contribution in [-0.2, 0) is 39.3 Å². The van der Waals surface area contributed by atoms with Gasteiger partial charge in [-0.3, -0.25) is 30.7 Å². The fourth-order valence-electron chi connectivity index (χ4n) is 8.01. The third-order valence-corrected chi connectivity index (χ3v) is 11.1. The number of hydrogen-bond acceptors (Lipinski definition) is 15. The highest BCUT2D eigenvalue weighted by Crippen LogP contribution is 2.30. The topological polar surface area (TPSA) is 228 Å².